The molecule has 1 aromatic carbocycles. The van der Waals surface area contributed by atoms with Gasteiger partial charge in [0.1, 0.15) is 0 Å². The lowest BCUT2D eigenvalue weighted by atomic mass is 10.2. The molecule has 0 radical (unpaired) electrons. The number of ether oxygens (including phenoxy) is 1. The Kier molecular flexibility index (Phi) is 4.19. The van der Waals surface area contributed by atoms with E-state index < -0.39 is 10.0 Å². The summed E-state index contributed by atoms with van der Waals surface area (Å²) in [6.07, 6.45) is 1.93. The predicted octanol–water partition coefficient (Wildman–Crippen LogP) is 1.91. The SMILES string of the molecule is O=S(=O)(NC[C@@H]1CCCO1)c1cccc(Br)c1. The highest BCUT2D eigenvalue weighted by Crippen LogP contribution is 2.17. The topological polar surface area (TPSA) is 55.4 Å². The molecule has 4 nitrogen and oxygen atoms in total. The van der Waals surface area contributed by atoms with Gasteiger partial charge in [-0.15, -0.1) is 0 Å². The van der Waals surface area contributed by atoms with Crippen molar-refractivity contribution in [2.45, 2.75) is 23.8 Å². The molecular formula is C11H14BrNO3S. The fourth-order valence-electron chi connectivity index (χ4n) is 1.73. The second kappa shape index (κ2) is 5.48. The van der Waals surface area contributed by atoms with E-state index in [2.05, 4.69) is 20.7 Å². The van der Waals surface area contributed by atoms with Crippen LogP contribution in [0.15, 0.2) is 33.6 Å². The molecule has 1 saturated heterocycles. The van der Waals surface area contributed by atoms with E-state index in [-0.39, 0.29) is 11.0 Å². The second-order valence-electron chi connectivity index (χ2n) is 3.94. The highest BCUT2D eigenvalue weighted by atomic mass is 79.9. The molecule has 0 saturated carbocycles. The van der Waals surface area contributed by atoms with Gasteiger partial charge in [-0.05, 0) is 31.0 Å². The quantitative estimate of drug-likeness (QED) is 0.922. The Morgan fingerprint density at radius 2 is 2.29 bits per heavy atom. The summed E-state index contributed by atoms with van der Waals surface area (Å²) in [5.41, 5.74) is 0. The first-order valence-corrected chi connectivity index (χ1v) is 7.72. The Labute approximate surface area is 110 Å². The number of nitrogens with one attached hydrogen (secondary N) is 1. The minimum atomic E-state index is -3.43. The van der Waals surface area contributed by atoms with Crippen LogP contribution >= 0.6 is 15.9 Å². The molecule has 1 heterocycles. The van der Waals surface area contributed by atoms with Crippen LogP contribution in [0.25, 0.3) is 0 Å². The second-order valence-corrected chi connectivity index (χ2v) is 6.63. The highest BCUT2D eigenvalue weighted by molar-refractivity contribution is 9.10. The molecule has 0 unspecified atom stereocenters. The molecule has 0 spiro atoms. The third-order valence-corrected chi connectivity index (χ3v) is 4.55. The lowest BCUT2D eigenvalue weighted by Crippen LogP contribution is -2.31. The van der Waals surface area contributed by atoms with Crippen LogP contribution in [0.4, 0.5) is 0 Å². The van der Waals surface area contributed by atoms with Gasteiger partial charge in [-0.2, -0.15) is 0 Å². The zero-order valence-electron chi connectivity index (χ0n) is 9.23. The number of hydrogen-bond acceptors (Lipinski definition) is 3. The number of sulfonamides is 1. The Bertz CT molecular complexity index is 483. The van der Waals surface area contributed by atoms with E-state index in [9.17, 15) is 8.42 Å². The van der Waals surface area contributed by atoms with Crippen LogP contribution in [0, 0.1) is 0 Å². The van der Waals surface area contributed by atoms with Gasteiger partial charge in [-0.1, -0.05) is 22.0 Å². The van der Waals surface area contributed by atoms with E-state index in [4.69, 9.17) is 4.74 Å². The third kappa shape index (κ3) is 3.51. The summed E-state index contributed by atoms with van der Waals surface area (Å²) in [7, 11) is -3.43. The van der Waals surface area contributed by atoms with Crippen molar-refractivity contribution in [3.8, 4) is 0 Å². The molecule has 6 heteroatoms. The maximum absolute atomic E-state index is 12.0. The van der Waals surface area contributed by atoms with E-state index in [1.807, 2.05) is 0 Å². The summed E-state index contributed by atoms with van der Waals surface area (Å²) in [5.74, 6) is 0. The average molecular weight is 320 g/mol. The van der Waals surface area contributed by atoms with Crippen molar-refractivity contribution in [1.82, 2.24) is 4.72 Å². The standard InChI is InChI=1S/C11H14BrNO3S/c12-9-3-1-5-11(7-9)17(14,15)13-8-10-4-2-6-16-10/h1,3,5,7,10,13H,2,4,6,8H2/t10-/m0/s1. The van der Waals surface area contributed by atoms with Crippen molar-refractivity contribution in [2.24, 2.45) is 0 Å². The van der Waals surface area contributed by atoms with E-state index in [1.165, 1.54) is 0 Å². The molecular weight excluding hydrogens is 306 g/mol. The molecule has 0 bridgehead atoms. The minimum absolute atomic E-state index is 0.0110. The smallest absolute Gasteiger partial charge is 0.240 e. The molecule has 1 aliphatic rings. The van der Waals surface area contributed by atoms with Crippen molar-refractivity contribution in [3.63, 3.8) is 0 Å². The van der Waals surface area contributed by atoms with Gasteiger partial charge in [0.05, 0.1) is 11.0 Å². The Morgan fingerprint density at radius 3 is 2.94 bits per heavy atom. The Balaban J connectivity index is 2.03. The lowest BCUT2D eigenvalue weighted by Gasteiger charge is -2.11. The monoisotopic (exact) mass is 319 g/mol. The van der Waals surface area contributed by atoms with Gasteiger partial charge in [0.25, 0.3) is 0 Å². The molecule has 0 aliphatic carbocycles. The molecule has 1 aromatic rings. The summed E-state index contributed by atoms with van der Waals surface area (Å²) in [6, 6.07) is 6.64. The van der Waals surface area contributed by atoms with Crippen LogP contribution in [0.3, 0.4) is 0 Å². The molecule has 17 heavy (non-hydrogen) atoms. The zero-order valence-corrected chi connectivity index (χ0v) is 11.6. The first-order valence-electron chi connectivity index (χ1n) is 5.45. The van der Waals surface area contributed by atoms with E-state index in [0.29, 0.717) is 6.54 Å². The number of halogens is 1. The van der Waals surface area contributed by atoms with Crippen LogP contribution in [0.2, 0.25) is 0 Å². The Hall–Kier alpha value is -0.430. The van der Waals surface area contributed by atoms with Gasteiger partial charge in [-0.3, -0.25) is 0 Å². The Morgan fingerprint density at radius 1 is 1.47 bits per heavy atom. The molecule has 1 N–H and O–H groups in total. The molecule has 1 atom stereocenters. The highest BCUT2D eigenvalue weighted by Gasteiger charge is 2.20. The fourth-order valence-corrected chi connectivity index (χ4v) is 3.39. The van der Waals surface area contributed by atoms with Crippen LogP contribution < -0.4 is 4.72 Å². The van der Waals surface area contributed by atoms with Crippen molar-refractivity contribution in [3.05, 3.63) is 28.7 Å². The predicted molar refractivity (Wildman–Crippen MR) is 68.3 cm³/mol. The summed E-state index contributed by atoms with van der Waals surface area (Å²) >= 11 is 3.26. The van der Waals surface area contributed by atoms with Gasteiger partial charge in [0, 0.05) is 17.6 Å². The first-order chi connectivity index (χ1) is 8.08. The van der Waals surface area contributed by atoms with Crippen molar-refractivity contribution >= 4 is 26.0 Å². The molecule has 1 aliphatic heterocycles. The normalized spacial score (nSPS) is 20.6. The van der Waals surface area contributed by atoms with Crippen molar-refractivity contribution in [1.29, 1.82) is 0 Å². The fraction of sp³-hybridized carbons (Fsp3) is 0.455. The number of hydrogen-bond donors (Lipinski definition) is 1. The first kappa shape index (κ1) is 13.0. The summed E-state index contributed by atoms with van der Waals surface area (Å²) < 4.78 is 32.6. The number of benzene rings is 1. The van der Waals surface area contributed by atoms with Gasteiger partial charge < -0.3 is 4.74 Å². The van der Waals surface area contributed by atoms with Gasteiger partial charge in [0.15, 0.2) is 0 Å². The van der Waals surface area contributed by atoms with Crippen LogP contribution in [0.1, 0.15) is 12.8 Å². The maximum atomic E-state index is 12.0. The molecule has 0 aromatic heterocycles. The molecule has 94 valence electrons. The van der Waals surface area contributed by atoms with Crippen molar-refractivity contribution in [2.75, 3.05) is 13.2 Å². The van der Waals surface area contributed by atoms with Gasteiger partial charge in [-0.25, -0.2) is 13.1 Å². The summed E-state index contributed by atoms with van der Waals surface area (Å²) in [5, 5.41) is 0. The van der Waals surface area contributed by atoms with Gasteiger partial charge in [0.2, 0.25) is 10.0 Å². The number of rotatable bonds is 4. The average Bonchev–Trinajstić information content (AvgIpc) is 2.79. The van der Waals surface area contributed by atoms with Gasteiger partial charge >= 0.3 is 0 Å². The summed E-state index contributed by atoms with van der Waals surface area (Å²) in [4.78, 5) is 0.268. The van der Waals surface area contributed by atoms with E-state index in [1.54, 1.807) is 24.3 Å². The largest absolute Gasteiger partial charge is 0.377 e. The maximum Gasteiger partial charge on any atom is 0.240 e. The summed E-state index contributed by atoms with van der Waals surface area (Å²) in [6.45, 7) is 1.07. The minimum Gasteiger partial charge on any atom is -0.377 e. The van der Waals surface area contributed by atoms with E-state index in [0.717, 1.165) is 23.9 Å². The van der Waals surface area contributed by atoms with Crippen LogP contribution in [-0.2, 0) is 14.8 Å². The molecule has 0 amide bonds. The van der Waals surface area contributed by atoms with Crippen LogP contribution in [0.5, 0.6) is 0 Å². The van der Waals surface area contributed by atoms with Crippen molar-refractivity contribution < 1.29 is 13.2 Å². The third-order valence-electron chi connectivity index (χ3n) is 2.63. The van der Waals surface area contributed by atoms with E-state index >= 15 is 0 Å². The molecule has 1 fully saturated rings. The van der Waals surface area contributed by atoms with Crippen LogP contribution in [-0.4, -0.2) is 27.7 Å². The molecule has 2 rings (SSSR count). The lowest BCUT2D eigenvalue weighted by molar-refractivity contribution is 0.114. The zero-order chi connectivity index (χ0) is 12.3.